The molecule has 0 spiro atoms. The first-order valence-electron chi connectivity index (χ1n) is 10.3. The second-order valence-corrected chi connectivity index (χ2v) is 7.69. The number of nitrogens with two attached hydrogens (primary N) is 1. The SMILES string of the molecule is CNc1ccc(C#N)c(C)c1.Cc1cc(-c2nn3c(c2C(N)=O)CN(C=O)CC3)ccc1F. The number of carbonyl (C=O) groups excluding carboxylic acids is 2. The largest absolute Gasteiger partial charge is 0.388 e. The van der Waals surface area contributed by atoms with Crippen molar-refractivity contribution in [3.05, 3.63) is 70.2 Å². The molecule has 0 unspecified atom stereocenters. The standard InChI is InChI=1S/C15H15FN4O2.C9H10N2/c1-9-6-10(2-3-11(9)16)14-13(15(17)22)12-7-19(8-21)4-5-20(12)18-14;1-7-5-9(11-2)4-3-8(7)6-10/h2-3,6,8H,4-5,7H2,1H3,(H2,17,22);3-5,11H,1-2H3. The first-order chi connectivity index (χ1) is 15.8. The molecule has 1 aliphatic rings. The fourth-order valence-electron chi connectivity index (χ4n) is 3.62. The number of rotatable bonds is 4. The fraction of sp³-hybridized carbons (Fsp3) is 0.250. The van der Waals surface area contributed by atoms with Crippen LogP contribution in [0, 0.1) is 31.0 Å². The highest BCUT2D eigenvalue weighted by Crippen LogP contribution is 2.29. The Labute approximate surface area is 191 Å². The average molecular weight is 449 g/mol. The summed E-state index contributed by atoms with van der Waals surface area (Å²) in [5.41, 5.74) is 10.7. The molecular weight excluding hydrogens is 423 g/mol. The summed E-state index contributed by atoms with van der Waals surface area (Å²) in [5.74, 6) is -0.925. The molecular formula is C24H25FN6O2. The van der Waals surface area contributed by atoms with Crippen LogP contribution in [0.4, 0.5) is 10.1 Å². The minimum Gasteiger partial charge on any atom is -0.388 e. The van der Waals surface area contributed by atoms with Gasteiger partial charge in [-0.3, -0.25) is 14.3 Å². The monoisotopic (exact) mass is 448 g/mol. The van der Waals surface area contributed by atoms with Crippen molar-refractivity contribution in [1.29, 1.82) is 5.26 Å². The summed E-state index contributed by atoms with van der Waals surface area (Å²) in [6, 6.07) is 12.3. The molecule has 0 atom stereocenters. The van der Waals surface area contributed by atoms with Gasteiger partial charge in [-0.15, -0.1) is 0 Å². The highest BCUT2D eigenvalue weighted by Gasteiger charge is 2.27. The molecule has 1 aliphatic heterocycles. The maximum atomic E-state index is 13.4. The number of benzene rings is 2. The van der Waals surface area contributed by atoms with Crippen LogP contribution in [0.1, 0.15) is 32.7 Å². The number of nitriles is 1. The Morgan fingerprint density at radius 3 is 2.55 bits per heavy atom. The number of anilines is 1. The minimum atomic E-state index is -0.606. The number of nitrogens with one attached hydrogen (secondary N) is 1. The normalized spacial score (nSPS) is 12.2. The zero-order valence-corrected chi connectivity index (χ0v) is 18.7. The van der Waals surface area contributed by atoms with Crippen LogP contribution in [0.5, 0.6) is 0 Å². The van der Waals surface area contributed by atoms with Crippen molar-refractivity contribution < 1.29 is 14.0 Å². The first kappa shape index (κ1) is 23.5. The maximum Gasteiger partial charge on any atom is 0.252 e. The van der Waals surface area contributed by atoms with E-state index in [0.29, 0.717) is 35.6 Å². The third kappa shape index (κ3) is 5.01. The second-order valence-electron chi connectivity index (χ2n) is 7.69. The average Bonchev–Trinajstić information content (AvgIpc) is 3.20. The Morgan fingerprint density at radius 1 is 1.21 bits per heavy atom. The van der Waals surface area contributed by atoms with E-state index in [1.54, 1.807) is 28.6 Å². The molecule has 2 aromatic carbocycles. The lowest BCUT2D eigenvalue weighted by Gasteiger charge is -2.24. The lowest BCUT2D eigenvalue weighted by Crippen LogP contribution is -2.34. The summed E-state index contributed by atoms with van der Waals surface area (Å²) in [6.45, 7) is 4.88. The molecule has 8 nitrogen and oxygen atoms in total. The molecule has 0 fully saturated rings. The lowest BCUT2D eigenvalue weighted by atomic mass is 10.0. The van der Waals surface area contributed by atoms with Gasteiger partial charge in [-0.1, -0.05) is 0 Å². The number of nitrogens with zero attached hydrogens (tertiary/aromatic N) is 4. The molecule has 3 N–H and O–H groups in total. The fourth-order valence-corrected chi connectivity index (χ4v) is 3.62. The highest BCUT2D eigenvalue weighted by atomic mass is 19.1. The van der Waals surface area contributed by atoms with Gasteiger partial charge in [0.25, 0.3) is 5.91 Å². The number of aryl methyl sites for hydroxylation is 2. The molecule has 2 heterocycles. The topological polar surface area (TPSA) is 117 Å². The van der Waals surface area contributed by atoms with E-state index in [4.69, 9.17) is 11.0 Å². The van der Waals surface area contributed by atoms with Crippen LogP contribution in [0.15, 0.2) is 36.4 Å². The maximum absolute atomic E-state index is 13.4. The van der Waals surface area contributed by atoms with E-state index in [2.05, 4.69) is 16.5 Å². The van der Waals surface area contributed by atoms with Gasteiger partial charge in [-0.2, -0.15) is 10.4 Å². The molecule has 170 valence electrons. The van der Waals surface area contributed by atoms with Crippen molar-refractivity contribution >= 4 is 18.0 Å². The van der Waals surface area contributed by atoms with Crippen LogP contribution in [0.3, 0.4) is 0 Å². The van der Waals surface area contributed by atoms with Crippen molar-refractivity contribution in [1.82, 2.24) is 14.7 Å². The predicted octanol–water partition coefficient (Wildman–Crippen LogP) is 2.98. The summed E-state index contributed by atoms with van der Waals surface area (Å²) < 4.78 is 15.1. The van der Waals surface area contributed by atoms with E-state index < -0.39 is 5.91 Å². The molecule has 0 radical (unpaired) electrons. The summed E-state index contributed by atoms with van der Waals surface area (Å²) in [7, 11) is 1.86. The third-order valence-corrected chi connectivity index (χ3v) is 5.47. The van der Waals surface area contributed by atoms with Gasteiger partial charge in [0.05, 0.1) is 36.0 Å². The molecule has 0 saturated heterocycles. The predicted molar refractivity (Wildman–Crippen MR) is 123 cm³/mol. The number of hydrogen-bond acceptors (Lipinski definition) is 5. The van der Waals surface area contributed by atoms with Crippen LogP contribution in [0.2, 0.25) is 0 Å². The smallest absolute Gasteiger partial charge is 0.252 e. The summed E-state index contributed by atoms with van der Waals surface area (Å²) in [4.78, 5) is 24.4. The Hall–Kier alpha value is -4.19. The number of aromatic nitrogens is 2. The van der Waals surface area contributed by atoms with Crippen molar-refractivity contribution in [3.8, 4) is 17.3 Å². The van der Waals surface area contributed by atoms with Crippen LogP contribution >= 0.6 is 0 Å². The Morgan fingerprint density at radius 2 is 1.97 bits per heavy atom. The van der Waals surface area contributed by atoms with E-state index >= 15 is 0 Å². The number of primary amides is 1. The van der Waals surface area contributed by atoms with E-state index in [1.165, 1.54) is 6.07 Å². The second kappa shape index (κ2) is 9.96. The van der Waals surface area contributed by atoms with Gasteiger partial charge in [0.1, 0.15) is 11.5 Å². The van der Waals surface area contributed by atoms with Gasteiger partial charge < -0.3 is 16.0 Å². The van der Waals surface area contributed by atoms with Crippen LogP contribution in [-0.4, -0.2) is 40.6 Å². The van der Waals surface area contributed by atoms with Crippen LogP contribution in [-0.2, 0) is 17.9 Å². The number of halogens is 1. The van der Waals surface area contributed by atoms with Crippen molar-refractivity contribution in [2.45, 2.75) is 26.9 Å². The molecule has 9 heteroatoms. The van der Waals surface area contributed by atoms with Crippen LogP contribution < -0.4 is 11.1 Å². The molecule has 0 saturated carbocycles. The highest BCUT2D eigenvalue weighted by molar-refractivity contribution is 6.00. The molecule has 1 aromatic heterocycles. The van der Waals surface area contributed by atoms with Crippen molar-refractivity contribution in [2.24, 2.45) is 5.73 Å². The third-order valence-electron chi connectivity index (χ3n) is 5.47. The van der Waals surface area contributed by atoms with E-state index in [0.717, 1.165) is 23.2 Å². The van der Waals surface area contributed by atoms with Gasteiger partial charge in [-0.05, 0) is 61.4 Å². The summed E-state index contributed by atoms with van der Waals surface area (Å²) in [6.07, 6.45) is 0.739. The summed E-state index contributed by atoms with van der Waals surface area (Å²) in [5, 5.41) is 16.1. The summed E-state index contributed by atoms with van der Waals surface area (Å²) >= 11 is 0. The first-order valence-corrected chi connectivity index (χ1v) is 10.3. The zero-order valence-electron chi connectivity index (χ0n) is 18.7. The van der Waals surface area contributed by atoms with Gasteiger partial charge in [0.2, 0.25) is 6.41 Å². The molecule has 4 rings (SSSR count). The van der Waals surface area contributed by atoms with Gasteiger partial charge in [0, 0.05) is 24.8 Å². The Bertz CT molecular complexity index is 1240. The number of carbonyl (C=O) groups is 2. The molecule has 33 heavy (non-hydrogen) atoms. The number of fused-ring (bicyclic) bond motifs is 1. The number of hydrogen-bond donors (Lipinski definition) is 2. The van der Waals surface area contributed by atoms with Crippen molar-refractivity contribution in [3.63, 3.8) is 0 Å². The number of amides is 2. The van der Waals surface area contributed by atoms with Gasteiger partial charge >= 0.3 is 0 Å². The zero-order chi connectivity index (χ0) is 24.1. The van der Waals surface area contributed by atoms with E-state index in [-0.39, 0.29) is 17.9 Å². The van der Waals surface area contributed by atoms with Crippen LogP contribution in [0.25, 0.3) is 11.3 Å². The lowest BCUT2D eigenvalue weighted by molar-refractivity contribution is -0.119. The van der Waals surface area contributed by atoms with Gasteiger partial charge in [-0.25, -0.2) is 4.39 Å². The van der Waals surface area contributed by atoms with E-state index in [1.807, 2.05) is 32.2 Å². The molecule has 2 amide bonds. The quantitative estimate of drug-likeness (QED) is 0.595. The Balaban J connectivity index is 0.000000235. The molecule has 0 aliphatic carbocycles. The van der Waals surface area contributed by atoms with Gasteiger partial charge in [0.15, 0.2) is 0 Å². The molecule has 0 bridgehead atoms. The minimum absolute atomic E-state index is 0.287. The Kier molecular flexibility index (Phi) is 7.08. The van der Waals surface area contributed by atoms with Crippen molar-refractivity contribution in [2.75, 3.05) is 18.9 Å². The molecule has 3 aromatic rings. The van der Waals surface area contributed by atoms with E-state index in [9.17, 15) is 14.0 Å².